The lowest BCUT2D eigenvalue weighted by Gasteiger charge is -2.05. The largest absolute Gasteiger partial charge is 0.350 e. The average Bonchev–Trinajstić information content (AvgIpc) is 2.77. The van der Waals surface area contributed by atoms with Crippen molar-refractivity contribution >= 4 is 34.4 Å². The molecule has 0 aliphatic carbocycles. The van der Waals surface area contributed by atoms with Gasteiger partial charge < -0.3 is 4.57 Å². The molecule has 0 bridgehead atoms. The Morgan fingerprint density at radius 2 is 1.95 bits per heavy atom. The molecule has 0 radical (unpaired) electrons. The maximum atomic E-state index is 6.10. The highest BCUT2D eigenvalue weighted by Gasteiger charge is 2.05. The fourth-order valence-electron chi connectivity index (χ4n) is 2.61. The first kappa shape index (κ1) is 14.7. The van der Waals surface area contributed by atoms with Crippen LogP contribution in [0.2, 0.25) is 5.02 Å². The van der Waals surface area contributed by atoms with Crippen molar-refractivity contribution in [3.63, 3.8) is 0 Å². The lowest BCUT2D eigenvalue weighted by Crippen LogP contribution is -1.93. The number of anilines is 1. The maximum Gasteiger partial charge on any atom is 0.0591 e. The lowest BCUT2D eigenvalue weighted by atomic mass is 10.1. The first-order valence-electron chi connectivity index (χ1n) is 7.15. The first-order chi connectivity index (χ1) is 10.5. The van der Waals surface area contributed by atoms with Crippen LogP contribution in [-0.4, -0.2) is 10.8 Å². The van der Waals surface area contributed by atoms with Gasteiger partial charge in [0.15, 0.2) is 0 Å². The van der Waals surface area contributed by atoms with Crippen molar-refractivity contribution in [2.45, 2.75) is 13.8 Å². The van der Waals surface area contributed by atoms with Gasteiger partial charge in [0.2, 0.25) is 0 Å². The van der Waals surface area contributed by atoms with Crippen molar-refractivity contribution in [3.8, 4) is 0 Å². The van der Waals surface area contributed by atoms with E-state index in [0.717, 1.165) is 27.2 Å². The lowest BCUT2D eigenvalue weighted by molar-refractivity contribution is 0.968. The number of hydrogen-bond acceptors (Lipinski definition) is 2. The molecule has 4 heteroatoms. The zero-order valence-electron chi connectivity index (χ0n) is 12.9. The predicted octanol–water partition coefficient (Wildman–Crippen LogP) is 4.89. The van der Waals surface area contributed by atoms with E-state index in [2.05, 4.69) is 41.1 Å². The summed E-state index contributed by atoms with van der Waals surface area (Å²) < 4.78 is 2.07. The molecule has 1 heterocycles. The highest BCUT2D eigenvalue weighted by Crippen LogP contribution is 2.23. The zero-order chi connectivity index (χ0) is 15.7. The minimum absolute atomic E-state index is 0.732. The highest BCUT2D eigenvalue weighted by molar-refractivity contribution is 6.31. The molecule has 0 unspecified atom stereocenters. The second-order valence-electron chi connectivity index (χ2n) is 5.55. The molecule has 3 rings (SSSR count). The maximum absolute atomic E-state index is 6.10. The van der Waals surface area contributed by atoms with E-state index in [1.54, 1.807) is 0 Å². The molecule has 0 amide bonds. The number of hydrazone groups is 1. The third-order valence-corrected chi connectivity index (χ3v) is 3.99. The topological polar surface area (TPSA) is 29.3 Å². The minimum atomic E-state index is 0.732. The van der Waals surface area contributed by atoms with E-state index in [-0.39, 0.29) is 0 Å². The van der Waals surface area contributed by atoms with Gasteiger partial charge in [-0.15, -0.1) is 0 Å². The number of hydrogen-bond donors (Lipinski definition) is 1. The van der Waals surface area contributed by atoms with E-state index in [1.807, 2.05) is 43.7 Å². The molecule has 2 aromatic carbocycles. The molecule has 1 N–H and O–H groups in total. The van der Waals surface area contributed by atoms with E-state index < -0.39 is 0 Å². The molecule has 22 heavy (non-hydrogen) atoms. The Hall–Kier alpha value is -2.26. The molecule has 0 aliphatic rings. The summed E-state index contributed by atoms with van der Waals surface area (Å²) in [5.74, 6) is 0. The van der Waals surface area contributed by atoms with Gasteiger partial charge in [-0.3, -0.25) is 5.43 Å². The van der Waals surface area contributed by atoms with Gasteiger partial charge >= 0.3 is 0 Å². The van der Waals surface area contributed by atoms with Crippen molar-refractivity contribution in [1.82, 2.24) is 4.57 Å². The summed E-state index contributed by atoms with van der Waals surface area (Å²) in [6, 6.07) is 12.1. The zero-order valence-corrected chi connectivity index (χ0v) is 13.6. The van der Waals surface area contributed by atoms with Crippen LogP contribution in [0.3, 0.4) is 0 Å². The number of nitrogens with one attached hydrogen (secondary N) is 1. The third kappa shape index (κ3) is 2.85. The summed E-state index contributed by atoms with van der Waals surface area (Å²) in [6.07, 6.45) is 3.88. The van der Waals surface area contributed by atoms with Crippen molar-refractivity contribution in [2.75, 3.05) is 5.43 Å². The normalized spacial score (nSPS) is 11.5. The van der Waals surface area contributed by atoms with Gasteiger partial charge in [-0.05, 0) is 43.7 Å². The van der Waals surface area contributed by atoms with E-state index in [0.29, 0.717) is 0 Å². The Kier molecular flexibility index (Phi) is 3.90. The number of aromatic nitrogens is 1. The number of nitrogens with zero attached hydrogens (tertiary/aromatic N) is 2. The van der Waals surface area contributed by atoms with Crippen LogP contribution in [0, 0.1) is 13.8 Å². The molecule has 0 saturated carbocycles. The van der Waals surface area contributed by atoms with E-state index >= 15 is 0 Å². The summed E-state index contributed by atoms with van der Waals surface area (Å²) in [5, 5.41) is 6.19. The Morgan fingerprint density at radius 3 is 2.73 bits per heavy atom. The van der Waals surface area contributed by atoms with Crippen LogP contribution in [0.4, 0.5) is 5.69 Å². The molecule has 0 spiro atoms. The molecule has 0 fully saturated rings. The summed E-state index contributed by atoms with van der Waals surface area (Å²) in [7, 11) is 2.02. The van der Waals surface area contributed by atoms with Gasteiger partial charge in [0.25, 0.3) is 0 Å². The summed E-state index contributed by atoms with van der Waals surface area (Å²) in [6.45, 7) is 4.16. The molecule has 3 aromatic rings. The number of benzene rings is 2. The summed E-state index contributed by atoms with van der Waals surface area (Å²) in [4.78, 5) is 0. The van der Waals surface area contributed by atoms with Crippen LogP contribution in [0.5, 0.6) is 0 Å². The molecule has 1 aromatic heterocycles. The molecule has 0 atom stereocenters. The number of aryl methyl sites for hydroxylation is 3. The molecular formula is C18H18ClN3. The van der Waals surface area contributed by atoms with E-state index in [4.69, 9.17) is 11.6 Å². The van der Waals surface area contributed by atoms with Crippen molar-refractivity contribution < 1.29 is 0 Å². The van der Waals surface area contributed by atoms with Crippen LogP contribution < -0.4 is 5.43 Å². The number of fused-ring (bicyclic) bond motifs is 1. The second-order valence-corrected chi connectivity index (χ2v) is 5.98. The van der Waals surface area contributed by atoms with E-state index in [9.17, 15) is 0 Å². The monoisotopic (exact) mass is 311 g/mol. The third-order valence-electron chi connectivity index (χ3n) is 3.75. The fourth-order valence-corrected chi connectivity index (χ4v) is 2.78. The minimum Gasteiger partial charge on any atom is -0.350 e. The molecule has 3 nitrogen and oxygen atoms in total. The van der Waals surface area contributed by atoms with Gasteiger partial charge in [0.05, 0.1) is 11.9 Å². The Labute approximate surface area is 135 Å². The van der Waals surface area contributed by atoms with Crippen LogP contribution in [0.15, 0.2) is 47.7 Å². The van der Waals surface area contributed by atoms with Crippen LogP contribution >= 0.6 is 11.6 Å². The fraction of sp³-hybridized carbons (Fsp3) is 0.167. The van der Waals surface area contributed by atoms with Gasteiger partial charge in [-0.1, -0.05) is 29.3 Å². The quantitative estimate of drug-likeness (QED) is 0.541. The molecule has 0 aliphatic heterocycles. The molecule has 0 saturated heterocycles. The summed E-state index contributed by atoms with van der Waals surface area (Å²) >= 11 is 6.10. The summed E-state index contributed by atoms with van der Waals surface area (Å²) in [5.41, 5.74) is 8.72. The van der Waals surface area contributed by atoms with Crippen LogP contribution in [0.1, 0.15) is 16.7 Å². The van der Waals surface area contributed by atoms with Gasteiger partial charge in [-0.25, -0.2) is 0 Å². The number of halogens is 1. The first-order valence-corrected chi connectivity index (χ1v) is 7.53. The molecule has 112 valence electrons. The predicted molar refractivity (Wildman–Crippen MR) is 95.1 cm³/mol. The SMILES string of the molecule is Cc1ccc(N/N=C/c2cn(C)c3ccc(Cl)cc23)c(C)c1. The van der Waals surface area contributed by atoms with Crippen molar-refractivity contribution in [1.29, 1.82) is 0 Å². The van der Waals surface area contributed by atoms with Gasteiger partial charge in [-0.2, -0.15) is 5.10 Å². The standard InChI is InChI=1S/C18H18ClN3/c1-12-4-6-17(13(2)8-12)21-20-10-14-11-22(3)18-7-5-15(19)9-16(14)18/h4-11,21H,1-3H3/b20-10+. The van der Waals surface area contributed by atoms with Crippen molar-refractivity contribution in [2.24, 2.45) is 12.1 Å². The Balaban J connectivity index is 1.88. The average molecular weight is 312 g/mol. The second kappa shape index (κ2) is 5.85. The smallest absolute Gasteiger partial charge is 0.0591 e. The number of rotatable bonds is 3. The van der Waals surface area contributed by atoms with Crippen LogP contribution in [-0.2, 0) is 7.05 Å². The Bertz CT molecular complexity index is 862. The van der Waals surface area contributed by atoms with E-state index in [1.165, 1.54) is 11.1 Å². The highest BCUT2D eigenvalue weighted by atomic mass is 35.5. The van der Waals surface area contributed by atoms with Gasteiger partial charge in [0, 0.05) is 34.7 Å². The molecular weight excluding hydrogens is 294 g/mol. The van der Waals surface area contributed by atoms with Gasteiger partial charge in [0.1, 0.15) is 0 Å². The Morgan fingerprint density at radius 1 is 1.14 bits per heavy atom. The van der Waals surface area contributed by atoms with Crippen molar-refractivity contribution in [3.05, 3.63) is 64.3 Å². The van der Waals surface area contributed by atoms with Crippen LogP contribution in [0.25, 0.3) is 10.9 Å².